The first-order valence-corrected chi connectivity index (χ1v) is 10.4. The molecule has 8 nitrogen and oxygen atoms in total. The molecule has 0 radical (unpaired) electrons. The van der Waals surface area contributed by atoms with Crippen molar-refractivity contribution in [2.24, 2.45) is 0 Å². The second-order valence-corrected chi connectivity index (χ2v) is 9.93. The van der Waals surface area contributed by atoms with Crippen LogP contribution in [0.2, 0.25) is 0 Å². The van der Waals surface area contributed by atoms with Crippen LogP contribution >= 0.6 is 0 Å². The van der Waals surface area contributed by atoms with E-state index in [1.807, 2.05) is 0 Å². The average Bonchev–Trinajstić information content (AvgIpc) is 2.91. The molecule has 1 heterocycles. The van der Waals surface area contributed by atoms with Crippen LogP contribution in [0.4, 0.5) is 10.5 Å². The Labute approximate surface area is 164 Å². The standard InChI is InChI=1S/C19H23NO7S/c1-18(2,24)10-9-13-5-7-14(8-6-13)20-12-15(27-17(20)23)11-19(3,16(21)22)28(4,25)26/h5-8,15,24H,11-12H2,1-4H3,(H,21,22)/t15-,19?/m0/s1. The quantitative estimate of drug-likeness (QED) is 0.705. The molecule has 9 heteroatoms. The largest absolute Gasteiger partial charge is 0.480 e. The summed E-state index contributed by atoms with van der Waals surface area (Å²) in [6.07, 6.45) is -1.05. The number of hydrogen-bond donors (Lipinski definition) is 2. The highest BCUT2D eigenvalue weighted by Gasteiger charge is 2.48. The van der Waals surface area contributed by atoms with Crippen LogP contribution < -0.4 is 4.90 Å². The van der Waals surface area contributed by atoms with Crippen molar-refractivity contribution in [3.63, 3.8) is 0 Å². The van der Waals surface area contributed by atoms with Gasteiger partial charge in [0.1, 0.15) is 11.7 Å². The lowest BCUT2D eigenvalue weighted by molar-refractivity contribution is -0.140. The molecule has 1 aromatic rings. The second-order valence-electron chi connectivity index (χ2n) is 7.48. The molecule has 1 fully saturated rings. The van der Waals surface area contributed by atoms with Crippen molar-refractivity contribution in [2.75, 3.05) is 17.7 Å². The highest BCUT2D eigenvalue weighted by Crippen LogP contribution is 2.30. The number of ether oxygens (including phenoxy) is 1. The molecule has 1 unspecified atom stereocenters. The molecule has 0 aromatic heterocycles. The van der Waals surface area contributed by atoms with E-state index < -0.39 is 38.4 Å². The van der Waals surface area contributed by atoms with E-state index in [4.69, 9.17) is 4.74 Å². The fourth-order valence-corrected chi connectivity index (χ4v) is 3.43. The summed E-state index contributed by atoms with van der Waals surface area (Å²) in [6, 6.07) is 6.63. The van der Waals surface area contributed by atoms with Crippen molar-refractivity contribution in [1.82, 2.24) is 0 Å². The third-order valence-electron chi connectivity index (χ3n) is 4.45. The molecule has 1 aromatic carbocycles. The van der Waals surface area contributed by atoms with Gasteiger partial charge in [-0.05, 0) is 45.0 Å². The molecule has 0 spiro atoms. The maximum absolute atomic E-state index is 12.2. The molecule has 0 saturated carbocycles. The summed E-state index contributed by atoms with van der Waals surface area (Å²) in [4.78, 5) is 25.0. The van der Waals surface area contributed by atoms with Crippen LogP contribution in [0.15, 0.2) is 24.3 Å². The van der Waals surface area contributed by atoms with Gasteiger partial charge in [0.15, 0.2) is 14.6 Å². The molecular formula is C19H23NO7S. The molecule has 0 bridgehead atoms. The Bertz CT molecular complexity index is 935. The molecule has 2 N–H and O–H groups in total. The van der Waals surface area contributed by atoms with Crippen LogP contribution in [0.25, 0.3) is 0 Å². The van der Waals surface area contributed by atoms with Crippen LogP contribution in [0.3, 0.4) is 0 Å². The van der Waals surface area contributed by atoms with E-state index in [9.17, 15) is 28.2 Å². The van der Waals surface area contributed by atoms with Crippen LogP contribution in [0, 0.1) is 11.8 Å². The zero-order valence-corrected chi connectivity index (χ0v) is 16.9. The topological polar surface area (TPSA) is 121 Å². The minimum Gasteiger partial charge on any atom is -0.480 e. The Hall–Kier alpha value is -2.57. The summed E-state index contributed by atoms with van der Waals surface area (Å²) >= 11 is 0. The van der Waals surface area contributed by atoms with Crippen molar-refractivity contribution >= 4 is 27.6 Å². The van der Waals surface area contributed by atoms with Crippen molar-refractivity contribution < 1.29 is 33.0 Å². The number of carbonyl (C=O) groups excluding carboxylic acids is 1. The monoisotopic (exact) mass is 409 g/mol. The Kier molecular flexibility index (Phi) is 5.78. The minimum absolute atomic E-state index is 0.0337. The summed E-state index contributed by atoms with van der Waals surface area (Å²) in [5.41, 5.74) is 0.0318. The van der Waals surface area contributed by atoms with Crippen molar-refractivity contribution in [1.29, 1.82) is 0 Å². The number of carboxylic acids is 1. The normalized spacial score (nSPS) is 19.4. The van der Waals surface area contributed by atoms with E-state index in [2.05, 4.69) is 11.8 Å². The van der Waals surface area contributed by atoms with Crippen molar-refractivity contribution in [2.45, 2.75) is 43.6 Å². The van der Waals surface area contributed by atoms with Crippen LogP contribution in [-0.4, -0.2) is 59.9 Å². The van der Waals surface area contributed by atoms with Gasteiger partial charge in [0.25, 0.3) is 0 Å². The number of cyclic esters (lactones) is 1. The molecule has 1 aliphatic rings. The van der Waals surface area contributed by atoms with Gasteiger partial charge in [0.05, 0.1) is 6.54 Å². The summed E-state index contributed by atoms with van der Waals surface area (Å²) < 4.78 is 27.0. The van der Waals surface area contributed by atoms with Gasteiger partial charge >= 0.3 is 12.1 Å². The van der Waals surface area contributed by atoms with Gasteiger partial charge in [-0.25, -0.2) is 13.2 Å². The highest BCUT2D eigenvalue weighted by molar-refractivity contribution is 7.92. The zero-order chi connectivity index (χ0) is 21.3. The van der Waals surface area contributed by atoms with Gasteiger partial charge in [0, 0.05) is 23.9 Å². The Balaban J connectivity index is 2.16. The number of hydrogen-bond acceptors (Lipinski definition) is 6. The number of benzene rings is 1. The van der Waals surface area contributed by atoms with E-state index in [-0.39, 0.29) is 13.0 Å². The first kappa shape index (κ1) is 21.7. The number of aliphatic hydroxyl groups is 1. The molecule has 2 atom stereocenters. The van der Waals surface area contributed by atoms with Crippen molar-refractivity contribution in [3.8, 4) is 11.8 Å². The fraction of sp³-hybridized carbons (Fsp3) is 0.474. The van der Waals surface area contributed by atoms with Gasteiger partial charge in [0.2, 0.25) is 0 Å². The summed E-state index contributed by atoms with van der Waals surface area (Å²) in [5, 5.41) is 19.0. The molecule has 0 aliphatic carbocycles. The van der Waals surface area contributed by atoms with Crippen LogP contribution in [-0.2, 0) is 19.4 Å². The number of rotatable bonds is 5. The maximum atomic E-state index is 12.2. The molecule has 2 rings (SSSR count). The van der Waals surface area contributed by atoms with Gasteiger partial charge in [-0.1, -0.05) is 11.8 Å². The van der Waals surface area contributed by atoms with E-state index in [0.29, 0.717) is 11.3 Å². The maximum Gasteiger partial charge on any atom is 0.414 e. The van der Waals surface area contributed by atoms with E-state index in [0.717, 1.165) is 13.2 Å². The lowest BCUT2D eigenvalue weighted by Crippen LogP contribution is -2.46. The smallest absolute Gasteiger partial charge is 0.414 e. The molecule has 28 heavy (non-hydrogen) atoms. The van der Waals surface area contributed by atoms with Crippen LogP contribution in [0.1, 0.15) is 32.8 Å². The Morgan fingerprint density at radius 3 is 2.32 bits per heavy atom. The summed E-state index contributed by atoms with van der Waals surface area (Å²) in [6.45, 7) is 4.27. The average molecular weight is 409 g/mol. The molecule has 1 saturated heterocycles. The van der Waals surface area contributed by atoms with Gasteiger partial charge in [-0.2, -0.15) is 0 Å². The summed E-state index contributed by atoms with van der Waals surface area (Å²) in [7, 11) is -3.92. The summed E-state index contributed by atoms with van der Waals surface area (Å²) in [5.74, 6) is 4.01. The lowest BCUT2D eigenvalue weighted by Gasteiger charge is -2.24. The molecule has 1 aliphatic heterocycles. The number of carbonyl (C=O) groups is 2. The number of sulfone groups is 1. The van der Waals surface area contributed by atoms with E-state index >= 15 is 0 Å². The molecule has 1 amide bonds. The number of anilines is 1. The predicted molar refractivity (Wildman–Crippen MR) is 103 cm³/mol. The first-order valence-electron chi connectivity index (χ1n) is 8.50. The number of nitrogens with zero attached hydrogens (tertiary/aromatic N) is 1. The SMILES string of the molecule is CC(C)(O)C#Cc1ccc(N2C[C@H](CC(C)(C(=O)O)S(C)(=O)=O)OC2=O)cc1. The van der Waals surface area contributed by atoms with Gasteiger partial charge < -0.3 is 14.9 Å². The third-order valence-corrected chi connectivity index (χ3v) is 6.43. The van der Waals surface area contributed by atoms with Crippen LogP contribution in [0.5, 0.6) is 0 Å². The predicted octanol–water partition coefficient (Wildman–Crippen LogP) is 1.41. The van der Waals surface area contributed by atoms with Gasteiger partial charge in [-0.15, -0.1) is 0 Å². The fourth-order valence-electron chi connectivity index (χ4n) is 2.62. The number of aliphatic carboxylic acids is 1. The third kappa shape index (κ3) is 4.82. The molecular weight excluding hydrogens is 386 g/mol. The second kappa shape index (κ2) is 7.45. The highest BCUT2D eigenvalue weighted by atomic mass is 32.2. The number of amides is 1. The van der Waals surface area contributed by atoms with E-state index in [1.54, 1.807) is 38.1 Å². The minimum atomic E-state index is -3.92. The van der Waals surface area contributed by atoms with E-state index in [1.165, 1.54) is 4.90 Å². The van der Waals surface area contributed by atoms with Gasteiger partial charge in [-0.3, -0.25) is 9.69 Å². The first-order chi connectivity index (χ1) is 12.7. The zero-order valence-electron chi connectivity index (χ0n) is 16.1. The number of carboxylic acid groups (broad SMARTS) is 1. The Morgan fingerprint density at radius 1 is 1.29 bits per heavy atom. The Morgan fingerprint density at radius 2 is 1.86 bits per heavy atom. The van der Waals surface area contributed by atoms with Crippen molar-refractivity contribution in [3.05, 3.63) is 29.8 Å². The molecule has 152 valence electrons. The lowest BCUT2D eigenvalue weighted by atomic mass is 10.0.